The largest absolute Gasteiger partial charge is 0.468 e. The third-order valence-corrected chi connectivity index (χ3v) is 5.36. The Labute approximate surface area is 131 Å². The van der Waals surface area contributed by atoms with Gasteiger partial charge in [-0.25, -0.2) is 13.1 Å². The standard InChI is InChI=1S/C15H22N2O4S/c1-3-16-10-11-17-22(19,20)13-6-4-12(5-7-13)15(8-9-15)14(18)21-2/h4-7,16-17H,3,8-11H2,1-2H3. The fraction of sp³-hybridized carbons (Fsp3) is 0.533. The number of esters is 1. The highest BCUT2D eigenvalue weighted by Gasteiger charge is 2.52. The van der Waals surface area contributed by atoms with E-state index in [-0.39, 0.29) is 10.9 Å². The number of likely N-dealkylation sites (N-methyl/N-ethyl adjacent to an activating group) is 1. The number of ether oxygens (including phenoxy) is 1. The molecule has 7 heteroatoms. The third-order valence-electron chi connectivity index (χ3n) is 3.89. The first-order valence-corrected chi connectivity index (χ1v) is 8.84. The van der Waals surface area contributed by atoms with E-state index in [1.54, 1.807) is 12.1 Å². The van der Waals surface area contributed by atoms with Crippen LogP contribution in [0, 0.1) is 0 Å². The Bertz CT molecular complexity index is 621. The molecular formula is C15H22N2O4S. The Balaban J connectivity index is 2.07. The Morgan fingerprint density at radius 3 is 2.36 bits per heavy atom. The number of methoxy groups -OCH3 is 1. The molecule has 2 rings (SSSR count). The number of benzene rings is 1. The van der Waals surface area contributed by atoms with E-state index in [1.807, 2.05) is 6.92 Å². The van der Waals surface area contributed by atoms with Gasteiger partial charge >= 0.3 is 5.97 Å². The van der Waals surface area contributed by atoms with Gasteiger partial charge in [0.1, 0.15) is 0 Å². The highest BCUT2D eigenvalue weighted by Crippen LogP contribution is 2.49. The first-order chi connectivity index (χ1) is 10.5. The quantitative estimate of drug-likeness (QED) is 0.545. The molecule has 0 bridgehead atoms. The van der Waals surface area contributed by atoms with Crippen LogP contribution >= 0.6 is 0 Å². The fourth-order valence-corrected chi connectivity index (χ4v) is 3.45. The lowest BCUT2D eigenvalue weighted by Gasteiger charge is -2.13. The first-order valence-electron chi connectivity index (χ1n) is 7.35. The number of sulfonamides is 1. The highest BCUT2D eigenvalue weighted by molar-refractivity contribution is 7.89. The van der Waals surface area contributed by atoms with Crippen molar-refractivity contribution in [1.82, 2.24) is 10.0 Å². The predicted octanol–water partition coefficient (Wildman–Crippen LogP) is 0.779. The number of hydrogen-bond donors (Lipinski definition) is 2. The smallest absolute Gasteiger partial charge is 0.316 e. The number of carbonyl (C=O) groups excluding carboxylic acids is 1. The molecule has 0 atom stereocenters. The van der Waals surface area contributed by atoms with Crippen LogP contribution in [0.15, 0.2) is 29.2 Å². The Kier molecular flexibility index (Phi) is 5.20. The maximum atomic E-state index is 12.1. The number of nitrogens with one attached hydrogen (secondary N) is 2. The van der Waals surface area contributed by atoms with Crippen molar-refractivity contribution < 1.29 is 17.9 Å². The number of hydrogen-bond acceptors (Lipinski definition) is 5. The predicted molar refractivity (Wildman–Crippen MR) is 83.1 cm³/mol. The molecule has 6 nitrogen and oxygen atoms in total. The van der Waals surface area contributed by atoms with Crippen molar-refractivity contribution in [2.45, 2.75) is 30.1 Å². The van der Waals surface area contributed by atoms with E-state index >= 15 is 0 Å². The molecule has 122 valence electrons. The number of rotatable bonds is 8. The second-order valence-electron chi connectivity index (χ2n) is 5.35. The maximum Gasteiger partial charge on any atom is 0.316 e. The van der Waals surface area contributed by atoms with Crippen molar-refractivity contribution >= 4 is 16.0 Å². The van der Waals surface area contributed by atoms with Crippen molar-refractivity contribution in [3.63, 3.8) is 0 Å². The molecule has 1 aromatic rings. The minimum absolute atomic E-state index is 0.202. The van der Waals surface area contributed by atoms with Gasteiger partial charge < -0.3 is 10.1 Å². The van der Waals surface area contributed by atoms with Crippen molar-refractivity contribution in [2.75, 3.05) is 26.7 Å². The SMILES string of the molecule is CCNCCNS(=O)(=O)c1ccc(C2(C(=O)OC)CC2)cc1. The summed E-state index contributed by atoms with van der Waals surface area (Å²) in [6, 6.07) is 6.47. The summed E-state index contributed by atoms with van der Waals surface area (Å²) >= 11 is 0. The molecule has 0 spiro atoms. The van der Waals surface area contributed by atoms with E-state index in [0.717, 1.165) is 24.9 Å². The first kappa shape index (κ1) is 16.9. The monoisotopic (exact) mass is 326 g/mol. The molecule has 22 heavy (non-hydrogen) atoms. The van der Waals surface area contributed by atoms with Gasteiger partial charge in [-0.2, -0.15) is 0 Å². The zero-order chi connectivity index (χ0) is 16.2. The van der Waals surface area contributed by atoms with Crippen LogP contribution in [-0.2, 0) is 25.0 Å². The van der Waals surface area contributed by atoms with Gasteiger partial charge in [0.05, 0.1) is 17.4 Å². The van der Waals surface area contributed by atoms with Crippen molar-refractivity contribution in [3.8, 4) is 0 Å². The topological polar surface area (TPSA) is 84.5 Å². The lowest BCUT2D eigenvalue weighted by molar-refractivity contribution is -0.143. The summed E-state index contributed by atoms with van der Waals surface area (Å²) in [5.41, 5.74) is 0.237. The van der Waals surface area contributed by atoms with Crippen LogP contribution in [0.3, 0.4) is 0 Å². The second kappa shape index (κ2) is 6.76. The van der Waals surface area contributed by atoms with Gasteiger partial charge in [0.15, 0.2) is 0 Å². The lowest BCUT2D eigenvalue weighted by atomic mass is 9.96. The third kappa shape index (κ3) is 3.48. The minimum Gasteiger partial charge on any atom is -0.468 e. The molecule has 1 aliphatic rings. The van der Waals surface area contributed by atoms with Crippen molar-refractivity contribution in [1.29, 1.82) is 0 Å². The summed E-state index contributed by atoms with van der Waals surface area (Å²) in [6.45, 7) is 3.68. The van der Waals surface area contributed by atoms with E-state index in [2.05, 4.69) is 10.0 Å². The van der Waals surface area contributed by atoms with Gasteiger partial charge in [0, 0.05) is 13.1 Å². The molecular weight excluding hydrogens is 304 g/mol. The lowest BCUT2D eigenvalue weighted by Crippen LogP contribution is -2.31. The summed E-state index contributed by atoms with van der Waals surface area (Å²) in [4.78, 5) is 12.0. The van der Waals surface area contributed by atoms with Crippen molar-refractivity contribution in [3.05, 3.63) is 29.8 Å². The van der Waals surface area contributed by atoms with Gasteiger partial charge in [0.2, 0.25) is 10.0 Å². The molecule has 1 aliphatic carbocycles. The van der Waals surface area contributed by atoms with Crippen LogP contribution < -0.4 is 10.0 Å². The number of carbonyl (C=O) groups is 1. The Morgan fingerprint density at radius 1 is 1.23 bits per heavy atom. The van der Waals surface area contributed by atoms with Crippen LogP contribution in [0.4, 0.5) is 0 Å². The average Bonchev–Trinajstić information content (AvgIpc) is 3.33. The van der Waals surface area contributed by atoms with E-state index in [1.165, 1.54) is 19.2 Å². The zero-order valence-electron chi connectivity index (χ0n) is 12.9. The molecule has 0 radical (unpaired) electrons. The maximum absolute atomic E-state index is 12.1. The molecule has 1 saturated carbocycles. The Hall–Kier alpha value is -1.44. The molecule has 0 heterocycles. The molecule has 0 saturated heterocycles. The van der Waals surface area contributed by atoms with Gasteiger partial charge in [-0.1, -0.05) is 19.1 Å². The van der Waals surface area contributed by atoms with E-state index < -0.39 is 15.4 Å². The second-order valence-corrected chi connectivity index (χ2v) is 7.12. The molecule has 1 fully saturated rings. The normalized spacial score (nSPS) is 16.3. The molecule has 0 aromatic heterocycles. The molecule has 0 amide bonds. The van der Waals surface area contributed by atoms with Crippen LogP contribution in [0.25, 0.3) is 0 Å². The van der Waals surface area contributed by atoms with Crippen LogP contribution in [0.1, 0.15) is 25.3 Å². The Morgan fingerprint density at radius 2 is 1.86 bits per heavy atom. The van der Waals surface area contributed by atoms with Crippen LogP contribution in [-0.4, -0.2) is 41.1 Å². The fourth-order valence-electron chi connectivity index (χ4n) is 2.42. The molecule has 0 aliphatic heterocycles. The molecule has 1 aromatic carbocycles. The summed E-state index contributed by atoms with van der Waals surface area (Å²) in [6.07, 6.45) is 1.49. The van der Waals surface area contributed by atoms with Gasteiger partial charge in [-0.15, -0.1) is 0 Å². The average molecular weight is 326 g/mol. The highest BCUT2D eigenvalue weighted by atomic mass is 32.2. The van der Waals surface area contributed by atoms with E-state index in [0.29, 0.717) is 13.1 Å². The summed E-state index contributed by atoms with van der Waals surface area (Å²) in [7, 11) is -2.14. The van der Waals surface area contributed by atoms with E-state index in [4.69, 9.17) is 4.74 Å². The minimum atomic E-state index is -3.51. The zero-order valence-corrected chi connectivity index (χ0v) is 13.7. The van der Waals surface area contributed by atoms with Gasteiger partial charge in [-0.05, 0) is 37.1 Å². The summed E-state index contributed by atoms with van der Waals surface area (Å²) in [5.74, 6) is -0.258. The summed E-state index contributed by atoms with van der Waals surface area (Å²) < 4.78 is 31.6. The van der Waals surface area contributed by atoms with E-state index in [9.17, 15) is 13.2 Å². The summed E-state index contributed by atoms with van der Waals surface area (Å²) in [5, 5.41) is 3.05. The molecule has 0 unspecified atom stereocenters. The van der Waals surface area contributed by atoms with Crippen molar-refractivity contribution in [2.24, 2.45) is 0 Å². The van der Waals surface area contributed by atoms with Crippen LogP contribution in [0.5, 0.6) is 0 Å². The molecule has 2 N–H and O–H groups in total. The van der Waals surface area contributed by atoms with Gasteiger partial charge in [-0.3, -0.25) is 4.79 Å². The van der Waals surface area contributed by atoms with Crippen LogP contribution in [0.2, 0.25) is 0 Å². The van der Waals surface area contributed by atoms with Gasteiger partial charge in [0.25, 0.3) is 0 Å².